The van der Waals surface area contributed by atoms with Gasteiger partial charge in [-0.3, -0.25) is 9.69 Å². The molecule has 1 N–H and O–H groups in total. The molecule has 0 aliphatic carbocycles. The lowest BCUT2D eigenvalue weighted by Gasteiger charge is -2.32. The van der Waals surface area contributed by atoms with E-state index in [4.69, 9.17) is 4.74 Å². The van der Waals surface area contributed by atoms with Crippen LogP contribution in [0.2, 0.25) is 0 Å². The molecule has 0 radical (unpaired) electrons. The van der Waals surface area contributed by atoms with Gasteiger partial charge < -0.3 is 10.1 Å². The van der Waals surface area contributed by atoms with Gasteiger partial charge in [0, 0.05) is 26.2 Å². The van der Waals surface area contributed by atoms with Gasteiger partial charge in [0.05, 0.1) is 6.61 Å². The molecule has 1 atom stereocenters. The number of carbonyl (C=O) groups excluding carboxylic acids is 1. The number of thiophene rings is 1. The summed E-state index contributed by atoms with van der Waals surface area (Å²) in [7, 11) is 0. The highest BCUT2D eigenvalue weighted by molar-refractivity contribution is 7.07. The standard InChI is InChI=1S/C18H22N2O2S/c21-18(19-8-6-16-7-11-23-14-16)17-13-20(9-10-22-17)12-15-4-2-1-3-5-15/h1-5,7,11,14,17H,6,8-10,12-13H2,(H,19,21)/t17-/m0/s1. The minimum atomic E-state index is -0.366. The lowest BCUT2D eigenvalue weighted by Crippen LogP contribution is -2.49. The van der Waals surface area contributed by atoms with Crippen molar-refractivity contribution in [2.24, 2.45) is 0 Å². The van der Waals surface area contributed by atoms with Crippen LogP contribution in [0.1, 0.15) is 11.1 Å². The van der Waals surface area contributed by atoms with Gasteiger partial charge in [-0.2, -0.15) is 11.3 Å². The van der Waals surface area contributed by atoms with E-state index in [1.54, 1.807) is 11.3 Å². The van der Waals surface area contributed by atoms with Crippen LogP contribution in [-0.2, 0) is 22.5 Å². The average Bonchev–Trinajstić information content (AvgIpc) is 3.09. The Morgan fingerprint density at radius 2 is 2.13 bits per heavy atom. The highest BCUT2D eigenvalue weighted by Gasteiger charge is 2.26. The number of amides is 1. The van der Waals surface area contributed by atoms with Crippen molar-refractivity contribution in [1.29, 1.82) is 0 Å². The Hall–Kier alpha value is -1.69. The van der Waals surface area contributed by atoms with E-state index in [9.17, 15) is 4.79 Å². The number of carbonyl (C=O) groups is 1. The zero-order valence-corrected chi connectivity index (χ0v) is 13.9. The number of hydrogen-bond acceptors (Lipinski definition) is 4. The molecule has 2 aromatic rings. The summed E-state index contributed by atoms with van der Waals surface area (Å²) in [5, 5.41) is 7.16. The first kappa shape index (κ1) is 16.2. The summed E-state index contributed by atoms with van der Waals surface area (Å²) >= 11 is 1.68. The Labute approximate surface area is 141 Å². The molecule has 4 nitrogen and oxygen atoms in total. The van der Waals surface area contributed by atoms with Crippen LogP contribution in [-0.4, -0.2) is 43.2 Å². The van der Waals surface area contributed by atoms with Crippen LogP contribution < -0.4 is 5.32 Å². The highest BCUT2D eigenvalue weighted by atomic mass is 32.1. The Kier molecular flexibility index (Phi) is 5.80. The zero-order valence-electron chi connectivity index (χ0n) is 13.1. The number of benzene rings is 1. The SMILES string of the molecule is O=C(NCCc1ccsc1)[C@@H]1CN(Cc2ccccc2)CCO1. The number of nitrogens with zero attached hydrogens (tertiary/aromatic N) is 1. The van der Waals surface area contributed by atoms with Crippen LogP contribution in [0.3, 0.4) is 0 Å². The van der Waals surface area contributed by atoms with E-state index in [-0.39, 0.29) is 12.0 Å². The Morgan fingerprint density at radius 3 is 2.91 bits per heavy atom. The molecule has 5 heteroatoms. The fourth-order valence-electron chi connectivity index (χ4n) is 2.73. The number of nitrogens with one attached hydrogen (secondary N) is 1. The molecule has 0 spiro atoms. The monoisotopic (exact) mass is 330 g/mol. The molecule has 3 rings (SSSR count). The Balaban J connectivity index is 1.44. The summed E-state index contributed by atoms with van der Waals surface area (Å²) < 4.78 is 5.64. The largest absolute Gasteiger partial charge is 0.366 e. The molecule has 23 heavy (non-hydrogen) atoms. The topological polar surface area (TPSA) is 41.6 Å². The van der Waals surface area contributed by atoms with Crippen LogP contribution >= 0.6 is 11.3 Å². The zero-order chi connectivity index (χ0) is 15.9. The summed E-state index contributed by atoms with van der Waals surface area (Å²) in [5.74, 6) is -0.00186. The summed E-state index contributed by atoms with van der Waals surface area (Å²) in [4.78, 5) is 14.5. The summed E-state index contributed by atoms with van der Waals surface area (Å²) in [5.41, 5.74) is 2.54. The van der Waals surface area contributed by atoms with Gasteiger partial charge >= 0.3 is 0 Å². The molecule has 0 unspecified atom stereocenters. The van der Waals surface area contributed by atoms with Crippen LogP contribution in [0.4, 0.5) is 0 Å². The van der Waals surface area contributed by atoms with Crippen molar-refractivity contribution in [2.45, 2.75) is 19.1 Å². The molecule has 1 aromatic carbocycles. The van der Waals surface area contributed by atoms with E-state index in [0.717, 1.165) is 19.5 Å². The maximum absolute atomic E-state index is 12.3. The van der Waals surface area contributed by atoms with Crippen molar-refractivity contribution in [3.63, 3.8) is 0 Å². The molecule has 0 bridgehead atoms. The first-order valence-electron chi connectivity index (χ1n) is 7.98. The molecule has 0 saturated carbocycles. The molecule has 122 valence electrons. The molecule has 2 heterocycles. The van der Waals surface area contributed by atoms with Crippen LogP contribution in [0.15, 0.2) is 47.2 Å². The van der Waals surface area contributed by atoms with Gasteiger partial charge in [0.2, 0.25) is 5.91 Å². The van der Waals surface area contributed by atoms with E-state index < -0.39 is 0 Å². The van der Waals surface area contributed by atoms with E-state index >= 15 is 0 Å². The third-order valence-corrected chi connectivity index (χ3v) is 4.72. The van der Waals surface area contributed by atoms with Crippen molar-refractivity contribution >= 4 is 17.2 Å². The predicted molar refractivity (Wildman–Crippen MR) is 92.5 cm³/mol. The summed E-state index contributed by atoms with van der Waals surface area (Å²) in [6, 6.07) is 12.4. The number of morpholine rings is 1. The quantitative estimate of drug-likeness (QED) is 0.884. The number of rotatable bonds is 6. The molecular formula is C18H22N2O2S. The Bertz CT molecular complexity index is 601. The van der Waals surface area contributed by atoms with Gasteiger partial charge in [0.1, 0.15) is 6.10 Å². The van der Waals surface area contributed by atoms with Gasteiger partial charge in [-0.1, -0.05) is 30.3 Å². The fourth-order valence-corrected chi connectivity index (χ4v) is 3.43. The van der Waals surface area contributed by atoms with E-state index in [1.165, 1.54) is 11.1 Å². The molecular weight excluding hydrogens is 308 g/mol. The minimum Gasteiger partial charge on any atom is -0.366 e. The molecule has 1 aliphatic rings. The van der Waals surface area contributed by atoms with Gasteiger partial charge in [0.25, 0.3) is 0 Å². The second-order valence-corrected chi connectivity index (χ2v) is 6.53. The fraction of sp³-hybridized carbons (Fsp3) is 0.389. The lowest BCUT2D eigenvalue weighted by atomic mass is 10.2. The number of ether oxygens (including phenoxy) is 1. The third kappa shape index (κ3) is 4.89. The lowest BCUT2D eigenvalue weighted by molar-refractivity contribution is -0.138. The van der Waals surface area contributed by atoms with Gasteiger partial charge in [-0.05, 0) is 34.4 Å². The summed E-state index contributed by atoms with van der Waals surface area (Å²) in [6.07, 6.45) is 0.505. The Morgan fingerprint density at radius 1 is 1.26 bits per heavy atom. The molecule has 1 aromatic heterocycles. The smallest absolute Gasteiger partial charge is 0.250 e. The van der Waals surface area contributed by atoms with Crippen molar-refractivity contribution in [3.8, 4) is 0 Å². The van der Waals surface area contributed by atoms with Crippen LogP contribution in [0.25, 0.3) is 0 Å². The summed E-state index contributed by atoms with van der Waals surface area (Å²) in [6.45, 7) is 3.65. The van der Waals surface area contributed by atoms with Gasteiger partial charge in [-0.25, -0.2) is 0 Å². The first-order chi connectivity index (χ1) is 11.3. The van der Waals surface area contributed by atoms with E-state index in [1.807, 2.05) is 18.2 Å². The predicted octanol–water partition coefficient (Wildman–Crippen LogP) is 2.31. The van der Waals surface area contributed by atoms with Crippen molar-refractivity contribution in [3.05, 3.63) is 58.3 Å². The van der Waals surface area contributed by atoms with Gasteiger partial charge in [0.15, 0.2) is 0 Å². The average molecular weight is 330 g/mol. The van der Waals surface area contributed by atoms with Gasteiger partial charge in [-0.15, -0.1) is 0 Å². The maximum Gasteiger partial charge on any atom is 0.250 e. The van der Waals surface area contributed by atoms with E-state index in [2.05, 4.69) is 39.2 Å². The molecule has 1 saturated heterocycles. The van der Waals surface area contributed by atoms with Crippen LogP contribution in [0, 0.1) is 0 Å². The first-order valence-corrected chi connectivity index (χ1v) is 8.92. The second kappa shape index (κ2) is 8.24. The second-order valence-electron chi connectivity index (χ2n) is 5.75. The number of hydrogen-bond donors (Lipinski definition) is 1. The van der Waals surface area contributed by atoms with E-state index in [0.29, 0.717) is 19.7 Å². The normalized spacial score (nSPS) is 18.7. The van der Waals surface area contributed by atoms with Crippen LogP contribution in [0.5, 0.6) is 0 Å². The third-order valence-electron chi connectivity index (χ3n) is 3.99. The molecule has 1 fully saturated rings. The minimum absolute atomic E-state index is 0.00186. The molecule has 1 amide bonds. The van der Waals surface area contributed by atoms with Crippen molar-refractivity contribution < 1.29 is 9.53 Å². The highest BCUT2D eigenvalue weighted by Crippen LogP contribution is 2.11. The molecule has 1 aliphatic heterocycles. The van der Waals surface area contributed by atoms with Crippen molar-refractivity contribution in [1.82, 2.24) is 10.2 Å². The van der Waals surface area contributed by atoms with Crippen molar-refractivity contribution in [2.75, 3.05) is 26.2 Å². The maximum atomic E-state index is 12.3.